The number of amides is 1. The molecule has 1 aromatic heterocycles. The Bertz CT molecular complexity index is 1160. The minimum Gasteiger partial charge on any atom is -0.467 e. The molecule has 3 aromatic rings. The van der Waals surface area contributed by atoms with Gasteiger partial charge in [-0.05, 0) is 30.3 Å². The Morgan fingerprint density at radius 3 is 2.48 bits per heavy atom. The highest BCUT2D eigenvalue weighted by atomic mass is 32.2. The number of nitrogens with one attached hydrogen (secondary N) is 1. The number of hydrogen-bond acceptors (Lipinski definition) is 5. The van der Waals surface area contributed by atoms with Gasteiger partial charge in [0.15, 0.2) is 0 Å². The Kier molecular flexibility index (Phi) is 4.94. The fourth-order valence-electron chi connectivity index (χ4n) is 3.29. The number of benzene rings is 2. The molecule has 1 unspecified atom stereocenters. The molecule has 0 saturated heterocycles. The SMILES string of the molecule is CC(=O)N1N=C(c2ccccc2NS(=O)(=O)c2ccccc2)CC1c1ccco1. The predicted octanol–water partition coefficient (Wildman–Crippen LogP) is 3.78. The molecule has 2 aromatic carbocycles. The van der Waals surface area contributed by atoms with Crippen LogP contribution in [0.5, 0.6) is 0 Å². The molecule has 0 bridgehead atoms. The van der Waals surface area contributed by atoms with Crippen LogP contribution in [0.3, 0.4) is 0 Å². The topological polar surface area (TPSA) is 92.0 Å². The van der Waals surface area contributed by atoms with E-state index < -0.39 is 10.0 Å². The minimum atomic E-state index is -3.76. The lowest BCUT2D eigenvalue weighted by atomic mass is 10.0. The van der Waals surface area contributed by atoms with Crippen molar-refractivity contribution < 1.29 is 17.6 Å². The van der Waals surface area contributed by atoms with Crippen molar-refractivity contribution in [1.29, 1.82) is 0 Å². The van der Waals surface area contributed by atoms with E-state index >= 15 is 0 Å². The van der Waals surface area contributed by atoms with E-state index in [9.17, 15) is 13.2 Å². The van der Waals surface area contributed by atoms with Crippen molar-refractivity contribution >= 4 is 27.3 Å². The second-order valence-corrected chi connectivity index (χ2v) is 8.29. The molecule has 0 aliphatic carbocycles. The number of para-hydroxylation sites is 1. The second kappa shape index (κ2) is 7.56. The third-order valence-electron chi connectivity index (χ3n) is 4.64. The van der Waals surface area contributed by atoms with Crippen molar-refractivity contribution in [1.82, 2.24) is 5.01 Å². The molecule has 1 amide bonds. The first-order valence-corrected chi connectivity index (χ1v) is 10.5. The Morgan fingerprint density at radius 2 is 1.79 bits per heavy atom. The summed E-state index contributed by atoms with van der Waals surface area (Å²) in [7, 11) is -3.76. The molecular weight excluding hydrogens is 390 g/mol. The standard InChI is InChI=1S/C21H19N3O4S/c1-15(25)24-20(21-12-7-13-28-21)14-19(22-24)17-10-5-6-11-18(17)23-29(26,27)16-8-3-2-4-9-16/h2-13,20,23H,14H2,1H3. The van der Waals surface area contributed by atoms with Gasteiger partial charge in [0.2, 0.25) is 5.91 Å². The third kappa shape index (κ3) is 3.79. The first-order valence-electron chi connectivity index (χ1n) is 9.03. The van der Waals surface area contributed by atoms with Gasteiger partial charge in [-0.3, -0.25) is 9.52 Å². The Morgan fingerprint density at radius 1 is 1.07 bits per heavy atom. The van der Waals surface area contributed by atoms with Crippen LogP contribution in [-0.2, 0) is 14.8 Å². The Balaban J connectivity index is 1.68. The van der Waals surface area contributed by atoms with Gasteiger partial charge in [-0.15, -0.1) is 0 Å². The third-order valence-corrected chi connectivity index (χ3v) is 6.02. The van der Waals surface area contributed by atoms with Gasteiger partial charge in [-0.1, -0.05) is 36.4 Å². The zero-order valence-electron chi connectivity index (χ0n) is 15.6. The summed E-state index contributed by atoms with van der Waals surface area (Å²) in [5, 5.41) is 5.84. The Hall–Kier alpha value is -3.39. The zero-order chi connectivity index (χ0) is 20.4. The Labute approximate surface area is 168 Å². The zero-order valence-corrected chi connectivity index (χ0v) is 16.5. The minimum absolute atomic E-state index is 0.169. The molecule has 4 rings (SSSR count). The summed E-state index contributed by atoms with van der Waals surface area (Å²) in [5.41, 5.74) is 1.62. The molecule has 7 nitrogen and oxygen atoms in total. The molecule has 2 heterocycles. The summed E-state index contributed by atoms with van der Waals surface area (Å²) >= 11 is 0. The average Bonchev–Trinajstić information content (AvgIpc) is 3.38. The second-order valence-electron chi connectivity index (χ2n) is 6.61. The van der Waals surface area contributed by atoms with Crippen LogP contribution in [0, 0.1) is 0 Å². The van der Waals surface area contributed by atoms with E-state index in [0.29, 0.717) is 29.1 Å². The molecular formula is C21H19N3O4S. The van der Waals surface area contributed by atoms with Gasteiger partial charge in [0.25, 0.3) is 10.0 Å². The molecule has 0 radical (unpaired) electrons. The van der Waals surface area contributed by atoms with Gasteiger partial charge < -0.3 is 4.42 Å². The van der Waals surface area contributed by atoms with Crippen LogP contribution in [0.25, 0.3) is 0 Å². The molecule has 29 heavy (non-hydrogen) atoms. The van der Waals surface area contributed by atoms with E-state index in [4.69, 9.17) is 4.42 Å². The number of anilines is 1. The predicted molar refractivity (Wildman–Crippen MR) is 109 cm³/mol. The molecule has 1 N–H and O–H groups in total. The molecule has 0 fully saturated rings. The summed E-state index contributed by atoms with van der Waals surface area (Å²) < 4.78 is 33.6. The summed E-state index contributed by atoms with van der Waals surface area (Å²) in [6.45, 7) is 1.44. The molecule has 0 spiro atoms. The molecule has 1 atom stereocenters. The van der Waals surface area contributed by atoms with Gasteiger partial charge in [0.1, 0.15) is 11.8 Å². The molecule has 148 valence electrons. The summed E-state index contributed by atoms with van der Waals surface area (Å²) in [5.74, 6) is 0.407. The van der Waals surface area contributed by atoms with E-state index in [-0.39, 0.29) is 16.8 Å². The summed E-state index contributed by atoms with van der Waals surface area (Å²) in [6, 6.07) is 18.3. The lowest BCUT2D eigenvalue weighted by Crippen LogP contribution is -2.23. The lowest BCUT2D eigenvalue weighted by Gasteiger charge is -2.17. The van der Waals surface area contributed by atoms with E-state index in [1.165, 1.54) is 24.1 Å². The van der Waals surface area contributed by atoms with Crippen LogP contribution >= 0.6 is 0 Å². The van der Waals surface area contributed by atoms with Crippen molar-refractivity contribution in [3.8, 4) is 0 Å². The molecule has 1 aliphatic heterocycles. The van der Waals surface area contributed by atoms with Gasteiger partial charge in [-0.2, -0.15) is 5.10 Å². The van der Waals surface area contributed by atoms with Crippen molar-refractivity contribution in [3.05, 3.63) is 84.3 Å². The van der Waals surface area contributed by atoms with E-state index in [2.05, 4.69) is 9.82 Å². The normalized spacial score (nSPS) is 16.5. The molecule has 8 heteroatoms. The number of carbonyl (C=O) groups excluding carboxylic acids is 1. The number of hydrazone groups is 1. The maximum Gasteiger partial charge on any atom is 0.261 e. The van der Waals surface area contributed by atoms with Crippen LogP contribution in [0.1, 0.15) is 30.7 Å². The maximum absolute atomic E-state index is 12.8. The maximum atomic E-state index is 12.8. The first-order chi connectivity index (χ1) is 14.0. The quantitative estimate of drug-likeness (QED) is 0.694. The lowest BCUT2D eigenvalue weighted by molar-refractivity contribution is -0.130. The number of furan rings is 1. The van der Waals surface area contributed by atoms with Crippen molar-refractivity contribution in [2.24, 2.45) is 5.10 Å². The van der Waals surface area contributed by atoms with E-state index in [0.717, 1.165) is 0 Å². The highest BCUT2D eigenvalue weighted by molar-refractivity contribution is 7.92. The van der Waals surface area contributed by atoms with Gasteiger partial charge in [0, 0.05) is 18.9 Å². The van der Waals surface area contributed by atoms with Crippen LogP contribution in [0.15, 0.2) is 87.4 Å². The summed E-state index contributed by atoms with van der Waals surface area (Å²) in [6.07, 6.45) is 1.96. The van der Waals surface area contributed by atoms with Crippen LogP contribution < -0.4 is 4.72 Å². The highest BCUT2D eigenvalue weighted by Gasteiger charge is 2.34. The number of rotatable bonds is 5. The first kappa shape index (κ1) is 18.9. The van der Waals surface area contributed by atoms with E-state index in [1.807, 2.05) is 0 Å². The fraction of sp³-hybridized carbons (Fsp3) is 0.143. The fourth-order valence-corrected chi connectivity index (χ4v) is 4.39. The van der Waals surface area contributed by atoms with Gasteiger partial charge in [-0.25, -0.2) is 13.4 Å². The average molecular weight is 409 g/mol. The smallest absolute Gasteiger partial charge is 0.261 e. The number of sulfonamides is 1. The monoisotopic (exact) mass is 409 g/mol. The van der Waals surface area contributed by atoms with Crippen molar-refractivity contribution in [2.45, 2.75) is 24.3 Å². The van der Waals surface area contributed by atoms with Crippen LogP contribution in [-0.4, -0.2) is 25.0 Å². The summed E-state index contributed by atoms with van der Waals surface area (Å²) in [4.78, 5) is 12.3. The van der Waals surface area contributed by atoms with Gasteiger partial charge in [0.05, 0.1) is 22.6 Å². The molecule has 0 saturated carbocycles. The van der Waals surface area contributed by atoms with Crippen molar-refractivity contribution in [2.75, 3.05) is 4.72 Å². The number of carbonyl (C=O) groups is 1. The van der Waals surface area contributed by atoms with Gasteiger partial charge >= 0.3 is 0 Å². The van der Waals surface area contributed by atoms with Crippen molar-refractivity contribution in [3.63, 3.8) is 0 Å². The van der Waals surface area contributed by atoms with Crippen LogP contribution in [0.2, 0.25) is 0 Å². The highest BCUT2D eigenvalue weighted by Crippen LogP contribution is 2.35. The molecule has 1 aliphatic rings. The van der Waals surface area contributed by atoms with E-state index in [1.54, 1.807) is 60.9 Å². The number of hydrogen-bond donors (Lipinski definition) is 1. The number of nitrogens with zero attached hydrogens (tertiary/aromatic N) is 2. The van der Waals surface area contributed by atoms with Crippen LogP contribution in [0.4, 0.5) is 5.69 Å². The largest absolute Gasteiger partial charge is 0.467 e.